The third kappa shape index (κ3) is 0.831. The molecule has 0 saturated carbocycles. The number of rotatable bonds is 1. The topological polar surface area (TPSA) is 3.24 Å². The highest BCUT2D eigenvalue weighted by Gasteiger charge is 2.24. The quantitative estimate of drug-likeness (QED) is 0.496. The van der Waals surface area contributed by atoms with Crippen molar-refractivity contribution in [1.29, 1.82) is 0 Å². The molecule has 0 atom stereocenters. The molecule has 0 radical (unpaired) electrons. The third-order valence-corrected chi connectivity index (χ3v) is 1.38. The van der Waals surface area contributed by atoms with Crippen LogP contribution in [0.1, 0.15) is 6.92 Å². The minimum atomic E-state index is -0.605. The SMILES string of the molecule is C=C(C)N1CC(F)C1. The number of hydrogen-bond donors (Lipinski definition) is 0. The Bertz CT molecular complexity index is 105. The molecule has 2 heteroatoms. The zero-order valence-corrected chi connectivity index (χ0v) is 5.02. The van der Waals surface area contributed by atoms with Gasteiger partial charge in [0.2, 0.25) is 0 Å². The molecule has 0 N–H and O–H groups in total. The molecule has 1 saturated heterocycles. The maximum absolute atomic E-state index is 12.0. The molecule has 0 unspecified atom stereocenters. The standard InChI is InChI=1S/C6H10FN/c1-5(2)8-3-6(7)4-8/h6H,1,3-4H2,2H3. The number of nitrogens with zero attached hydrogens (tertiary/aromatic N) is 1. The van der Waals surface area contributed by atoms with Gasteiger partial charge in [0, 0.05) is 5.70 Å². The van der Waals surface area contributed by atoms with Gasteiger partial charge in [0.05, 0.1) is 13.1 Å². The highest BCUT2D eigenvalue weighted by atomic mass is 19.1. The van der Waals surface area contributed by atoms with Crippen LogP contribution in [0.4, 0.5) is 4.39 Å². The second-order valence-electron chi connectivity index (χ2n) is 2.24. The van der Waals surface area contributed by atoms with Gasteiger partial charge in [-0.05, 0) is 6.92 Å². The fourth-order valence-corrected chi connectivity index (χ4v) is 0.736. The summed E-state index contributed by atoms with van der Waals surface area (Å²) in [6.07, 6.45) is -0.605. The number of allylic oxidation sites excluding steroid dienone is 1. The van der Waals surface area contributed by atoms with E-state index in [1.54, 1.807) is 0 Å². The van der Waals surface area contributed by atoms with Crippen LogP contribution < -0.4 is 0 Å². The molecule has 0 aromatic heterocycles. The second kappa shape index (κ2) is 1.77. The first kappa shape index (κ1) is 5.60. The minimum Gasteiger partial charge on any atom is -0.370 e. The Labute approximate surface area is 48.8 Å². The molecule has 0 bridgehead atoms. The molecule has 1 nitrogen and oxygen atoms in total. The summed E-state index contributed by atoms with van der Waals surface area (Å²) in [5.41, 5.74) is 0.971. The summed E-state index contributed by atoms with van der Waals surface area (Å²) >= 11 is 0. The van der Waals surface area contributed by atoms with Crippen molar-refractivity contribution in [3.05, 3.63) is 12.3 Å². The summed E-state index contributed by atoms with van der Waals surface area (Å²) in [6.45, 7) is 6.67. The van der Waals surface area contributed by atoms with Crippen molar-refractivity contribution in [3.8, 4) is 0 Å². The van der Waals surface area contributed by atoms with Gasteiger partial charge >= 0.3 is 0 Å². The van der Waals surface area contributed by atoms with Crippen molar-refractivity contribution >= 4 is 0 Å². The van der Waals surface area contributed by atoms with Gasteiger partial charge in [-0.2, -0.15) is 0 Å². The first-order chi connectivity index (χ1) is 3.70. The third-order valence-electron chi connectivity index (χ3n) is 1.38. The highest BCUT2D eigenvalue weighted by molar-refractivity contribution is 4.96. The van der Waals surface area contributed by atoms with Crippen molar-refractivity contribution in [2.45, 2.75) is 13.1 Å². The van der Waals surface area contributed by atoms with Crippen LogP contribution in [-0.4, -0.2) is 24.2 Å². The molecule has 1 aliphatic rings. The van der Waals surface area contributed by atoms with Gasteiger partial charge < -0.3 is 4.90 Å². The number of alkyl halides is 1. The fourth-order valence-electron chi connectivity index (χ4n) is 0.736. The Morgan fingerprint density at radius 3 is 2.38 bits per heavy atom. The van der Waals surface area contributed by atoms with E-state index in [1.807, 2.05) is 11.8 Å². The lowest BCUT2D eigenvalue weighted by Gasteiger charge is -2.36. The van der Waals surface area contributed by atoms with Crippen molar-refractivity contribution in [1.82, 2.24) is 4.90 Å². The fraction of sp³-hybridized carbons (Fsp3) is 0.667. The lowest BCUT2D eigenvalue weighted by Crippen LogP contribution is -2.46. The summed E-state index contributed by atoms with van der Waals surface area (Å²) in [5, 5.41) is 0. The lowest BCUT2D eigenvalue weighted by molar-refractivity contribution is 0.0990. The van der Waals surface area contributed by atoms with Crippen molar-refractivity contribution in [2.75, 3.05) is 13.1 Å². The van der Waals surface area contributed by atoms with Gasteiger partial charge in [-0.15, -0.1) is 0 Å². The van der Waals surface area contributed by atoms with E-state index in [0.717, 1.165) is 5.70 Å². The smallest absolute Gasteiger partial charge is 0.135 e. The molecule has 1 aliphatic heterocycles. The average Bonchev–Trinajstić information content (AvgIpc) is 1.57. The van der Waals surface area contributed by atoms with E-state index in [1.165, 1.54) is 0 Å². The van der Waals surface area contributed by atoms with Crippen LogP contribution in [0.2, 0.25) is 0 Å². The van der Waals surface area contributed by atoms with Crippen LogP contribution in [0, 0.1) is 0 Å². The highest BCUT2D eigenvalue weighted by Crippen LogP contribution is 2.15. The van der Waals surface area contributed by atoms with Crippen molar-refractivity contribution in [2.24, 2.45) is 0 Å². The summed E-state index contributed by atoms with van der Waals surface area (Å²) in [5.74, 6) is 0. The predicted molar refractivity (Wildman–Crippen MR) is 31.3 cm³/mol. The first-order valence-electron chi connectivity index (χ1n) is 2.74. The largest absolute Gasteiger partial charge is 0.370 e. The minimum absolute atomic E-state index is 0.551. The van der Waals surface area contributed by atoms with E-state index in [2.05, 4.69) is 6.58 Å². The Morgan fingerprint density at radius 1 is 1.75 bits per heavy atom. The van der Waals surface area contributed by atoms with Gasteiger partial charge in [-0.3, -0.25) is 0 Å². The Morgan fingerprint density at radius 2 is 2.25 bits per heavy atom. The van der Waals surface area contributed by atoms with Gasteiger partial charge in [0.25, 0.3) is 0 Å². The second-order valence-corrected chi connectivity index (χ2v) is 2.24. The lowest BCUT2D eigenvalue weighted by atomic mass is 10.2. The van der Waals surface area contributed by atoms with E-state index in [4.69, 9.17) is 0 Å². The molecule has 1 fully saturated rings. The van der Waals surface area contributed by atoms with E-state index in [9.17, 15) is 4.39 Å². The van der Waals surface area contributed by atoms with Gasteiger partial charge in [-0.1, -0.05) is 6.58 Å². The number of hydrogen-bond acceptors (Lipinski definition) is 1. The molecule has 0 spiro atoms. The van der Waals surface area contributed by atoms with Gasteiger partial charge in [0.15, 0.2) is 0 Å². The zero-order chi connectivity index (χ0) is 6.15. The van der Waals surface area contributed by atoms with Crippen molar-refractivity contribution in [3.63, 3.8) is 0 Å². The Hall–Kier alpha value is -0.530. The predicted octanol–water partition coefficient (Wildman–Crippen LogP) is 1.17. The normalized spacial score (nSPS) is 20.5. The van der Waals surface area contributed by atoms with E-state index in [-0.39, 0.29) is 0 Å². The van der Waals surface area contributed by atoms with E-state index >= 15 is 0 Å². The van der Waals surface area contributed by atoms with Crippen molar-refractivity contribution < 1.29 is 4.39 Å². The molecule has 1 heterocycles. The zero-order valence-electron chi connectivity index (χ0n) is 5.02. The Kier molecular flexibility index (Phi) is 1.24. The van der Waals surface area contributed by atoms with Gasteiger partial charge in [-0.25, -0.2) is 4.39 Å². The molecule has 0 aliphatic carbocycles. The Balaban J connectivity index is 2.25. The molecule has 0 amide bonds. The van der Waals surface area contributed by atoms with Crippen LogP contribution in [0.5, 0.6) is 0 Å². The maximum atomic E-state index is 12.0. The van der Waals surface area contributed by atoms with Crippen LogP contribution in [0.25, 0.3) is 0 Å². The molecule has 0 aromatic rings. The summed E-state index contributed by atoms with van der Waals surface area (Å²) < 4.78 is 12.0. The monoisotopic (exact) mass is 115 g/mol. The van der Waals surface area contributed by atoms with Crippen LogP contribution in [0.15, 0.2) is 12.3 Å². The molecule has 46 valence electrons. The van der Waals surface area contributed by atoms with Gasteiger partial charge in [0.1, 0.15) is 6.17 Å². The van der Waals surface area contributed by atoms with E-state index in [0.29, 0.717) is 13.1 Å². The average molecular weight is 115 g/mol. The van der Waals surface area contributed by atoms with Crippen LogP contribution >= 0.6 is 0 Å². The molecule has 8 heavy (non-hydrogen) atoms. The summed E-state index contributed by atoms with van der Waals surface area (Å²) in [4.78, 5) is 1.92. The number of halogens is 1. The molecular formula is C6H10FN. The number of likely N-dealkylation sites (tertiary alicyclic amines) is 1. The first-order valence-corrected chi connectivity index (χ1v) is 2.74. The van der Waals surface area contributed by atoms with E-state index < -0.39 is 6.17 Å². The molecular weight excluding hydrogens is 105 g/mol. The maximum Gasteiger partial charge on any atom is 0.135 e. The van der Waals surface area contributed by atoms with Crippen LogP contribution in [0.3, 0.4) is 0 Å². The molecule has 1 rings (SSSR count). The summed E-state index contributed by atoms with van der Waals surface area (Å²) in [6, 6.07) is 0. The molecule has 0 aromatic carbocycles. The van der Waals surface area contributed by atoms with Crippen LogP contribution in [-0.2, 0) is 0 Å². The summed E-state index contributed by atoms with van der Waals surface area (Å²) in [7, 11) is 0.